The van der Waals surface area contributed by atoms with Crippen molar-refractivity contribution in [2.75, 3.05) is 25.5 Å². The Kier molecular flexibility index (Phi) is 7.08. The Hall–Kier alpha value is -3.23. The number of hydrogen-bond acceptors (Lipinski definition) is 4. The number of halogens is 3. The number of hydrogen-bond donors (Lipinski definition) is 1. The van der Waals surface area contributed by atoms with Crippen LogP contribution in [0.3, 0.4) is 0 Å². The minimum absolute atomic E-state index is 0.225. The van der Waals surface area contributed by atoms with Gasteiger partial charge < -0.3 is 19.7 Å². The van der Waals surface area contributed by atoms with Crippen LogP contribution in [0.15, 0.2) is 42.5 Å². The summed E-state index contributed by atoms with van der Waals surface area (Å²) in [5.74, 6) is -0.698. The number of amides is 2. The second-order valence-electron chi connectivity index (χ2n) is 6.43. The van der Waals surface area contributed by atoms with Crippen LogP contribution in [0.4, 0.5) is 18.9 Å². The molecular weight excluding hydrogens is 389 g/mol. The maximum Gasteiger partial charge on any atom is 0.573 e. The lowest BCUT2D eigenvalue weighted by molar-refractivity contribution is -0.274. The summed E-state index contributed by atoms with van der Waals surface area (Å²) in [7, 11) is 1.45. The summed E-state index contributed by atoms with van der Waals surface area (Å²) in [6.45, 7) is 3.31. The van der Waals surface area contributed by atoms with Crippen LogP contribution >= 0.6 is 0 Å². The Bertz CT molecular complexity index is 867. The molecule has 0 unspecified atom stereocenters. The van der Waals surface area contributed by atoms with Crippen LogP contribution < -0.4 is 14.8 Å². The summed E-state index contributed by atoms with van der Waals surface area (Å²) < 4.78 is 45.7. The van der Waals surface area contributed by atoms with E-state index in [-0.39, 0.29) is 18.8 Å². The number of anilines is 1. The van der Waals surface area contributed by atoms with Crippen molar-refractivity contribution in [1.82, 2.24) is 4.90 Å². The molecule has 2 aromatic rings. The summed E-state index contributed by atoms with van der Waals surface area (Å²) in [6.07, 6.45) is -4.78. The molecule has 0 atom stereocenters. The summed E-state index contributed by atoms with van der Waals surface area (Å²) in [5.41, 5.74) is 2.16. The molecule has 156 valence electrons. The van der Waals surface area contributed by atoms with Crippen LogP contribution in [0.2, 0.25) is 0 Å². The number of carbonyl (C=O) groups excluding carboxylic acids is 2. The second-order valence-corrected chi connectivity index (χ2v) is 6.43. The van der Waals surface area contributed by atoms with Gasteiger partial charge in [0.05, 0.1) is 6.54 Å². The van der Waals surface area contributed by atoms with Gasteiger partial charge in [-0.2, -0.15) is 0 Å². The standard InChI is InChI=1S/C20H21F3N2O4/c1-13-4-5-14(2)17(10-13)28-12-19(27)25(3)11-18(26)24-15-6-8-16(9-7-15)29-20(21,22)23/h4-10H,11-12H2,1-3H3,(H,24,26). The van der Waals surface area contributed by atoms with E-state index in [1.54, 1.807) is 0 Å². The van der Waals surface area contributed by atoms with Gasteiger partial charge >= 0.3 is 6.36 Å². The fourth-order valence-electron chi connectivity index (χ4n) is 2.36. The van der Waals surface area contributed by atoms with Crippen LogP contribution in [0.5, 0.6) is 11.5 Å². The zero-order valence-electron chi connectivity index (χ0n) is 16.2. The Morgan fingerprint density at radius 1 is 1.07 bits per heavy atom. The molecule has 0 saturated carbocycles. The van der Waals surface area contributed by atoms with E-state index in [1.807, 2.05) is 32.0 Å². The molecule has 0 bridgehead atoms. The highest BCUT2D eigenvalue weighted by atomic mass is 19.4. The van der Waals surface area contributed by atoms with Crippen molar-refractivity contribution in [3.05, 3.63) is 53.6 Å². The highest BCUT2D eigenvalue weighted by Gasteiger charge is 2.31. The second kappa shape index (κ2) is 9.31. The molecule has 0 heterocycles. The number of ether oxygens (including phenoxy) is 2. The number of nitrogens with one attached hydrogen (secondary N) is 1. The first-order valence-corrected chi connectivity index (χ1v) is 8.63. The molecule has 0 aromatic heterocycles. The maximum atomic E-state index is 12.2. The van der Waals surface area contributed by atoms with Crippen molar-refractivity contribution in [2.24, 2.45) is 0 Å². The number of alkyl halides is 3. The first-order valence-electron chi connectivity index (χ1n) is 8.63. The van der Waals surface area contributed by atoms with E-state index in [2.05, 4.69) is 10.1 Å². The van der Waals surface area contributed by atoms with Gasteiger partial charge in [-0.05, 0) is 55.3 Å². The number of benzene rings is 2. The highest BCUT2D eigenvalue weighted by molar-refractivity contribution is 5.94. The van der Waals surface area contributed by atoms with Gasteiger partial charge in [0, 0.05) is 12.7 Å². The average Bonchev–Trinajstić information content (AvgIpc) is 2.62. The van der Waals surface area contributed by atoms with Crippen LogP contribution in [-0.4, -0.2) is 43.3 Å². The van der Waals surface area contributed by atoms with Gasteiger partial charge in [-0.1, -0.05) is 12.1 Å². The molecule has 0 spiro atoms. The molecule has 0 fully saturated rings. The lowest BCUT2D eigenvalue weighted by Gasteiger charge is -2.18. The summed E-state index contributed by atoms with van der Waals surface area (Å²) in [6, 6.07) is 10.3. The zero-order chi connectivity index (χ0) is 21.6. The van der Waals surface area contributed by atoms with Gasteiger partial charge in [0.15, 0.2) is 6.61 Å². The SMILES string of the molecule is Cc1ccc(C)c(OCC(=O)N(C)CC(=O)Nc2ccc(OC(F)(F)F)cc2)c1. The third kappa shape index (κ3) is 7.36. The third-order valence-corrected chi connectivity index (χ3v) is 3.87. The third-order valence-electron chi connectivity index (χ3n) is 3.87. The van der Waals surface area contributed by atoms with Gasteiger partial charge in [-0.25, -0.2) is 0 Å². The quantitative estimate of drug-likeness (QED) is 0.756. The Morgan fingerprint density at radius 3 is 2.34 bits per heavy atom. The lowest BCUT2D eigenvalue weighted by Crippen LogP contribution is -2.37. The molecule has 0 aliphatic heterocycles. The maximum absolute atomic E-state index is 12.2. The molecule has 0 radical (unpaired) electrons. The van der Waals surface area contributed by atoms with Crippen molar-refractivity contribution in [3.63, 3.8) is 0 Å². The first kappa shape index (κ1) is 22.1. The van der Waals surface area contributed by atoms with E-state index >= 15 is 0 Å². The van der Waals surface area contributed by atoms with E-state index in [1.165, 1.54) is 24.1 Å². The van der Waals surface area contributed by atoms with Crippen LogP contribution in [0, 0.1) is 13.8 Å². The van der Waals surface area contributed by atoms with Crippen molar-refractivity contribution in [3.8, 4) is 11.5 Å². The molecule has 29 heavy (non-hydrogen) atoms. The average molecular weight is 410 g/mol. The van der Waals surface area contributed by atoms with Crippen molar-refractivity contribution in [1.29, 1.82) is 0 Å². The molecule has 0 saturated heterocycles. The van der Waals surface area contributed by atoms with Gasteiger partial charge in [0.1, 0.15) is 11.5 Å². The predicted octanol–water partition coefficient (Wildman–Crippen LogP) is 3.68. The molecule has 2 aromatic carbocycles. The number of rotatable bonds is 7. The van der Waals surface area contributed by atoms with Crippen molar-refractivity contribution >= 4 is 17.5 Å². The fraction of sp³-hybridized carbons (Fsp3) is 0.300. The normalized spacial score (nSPS) is 11.0. The van der Waals surface area contributed by atoms with Crippen LogP contribution in [-0.2, 0) is 9.59 Å². The molecule has 0 aliphatic carbocycles. The predicted molar refractivity (Wildman–Crippen MR) is 101 cm³/mol. The van der Waals surface area contributed by atoms with Crippen molar-refractivity contribution in [2.45, 2.75) is 20.2 Å². The summed E-state index contributed by atoms with van der Waals surface area (Å²) in [4.78, 5) is 25.4. The van der Waals surface area contributed by atoms with Crippen LogP contribution in [0.25, 0.3) is 0 Å². The summed E-state index contributed by atoms with van der Waals surface area (Å²) in [5, 5.41) is 2.50. The molecule has 0 aliphatic rings. The molecule has 2 rings (SSSR count). The number of aryl methyl sites for hydroxylation is 2. The Labute approximate surface area is 166 Å². The molecule has 9 heteroatoms. The van der Waals surface area contributed by atoms with E-state index in [0.29, 0.717) is 5.75 Å². The zero-order valence-corrected chi connectivity index (χ0v) is 16.2. The number of likely N-dealkylation sites (N-methyl/N-ethyl adjacent to an activating group) is 1. The van der Waals surface area contributed by atoms with Crippen LogP contribution in [0.1, 0.15) is 11.1 Å². The largest absolute Gasteiger partial charge is 0.573 e. The van der Waals surface area contributed by atoms with E-state index in [0.717, 1.165) is 23.3 Å². The van der Waals surface area contributed by atoms with E-state index in [9.17, 15) is 22.8 Å². The number of nitrogens with zero attached hydrogens (tertiary/aromatic N) is 1. The van der Waals surface area contributed by atoms with E-state index < -0.39 is 23.9 Å². The minimum atomic E-state index is -4.78. The van der Waals surface area contributed by atoms with Gasteiger partial charge in [0.25, 0.3) is 5.91 Å². The topological polar surface area (TPSA) is 67.9 Å². The molecule has 2 amide bonds. The lowest BCUT2D eigenvalue weighted by atomic mass is 10.1. The van der Waals surface area contributed by atoms with Gasteiger partial charge in [-0.3, -0.25) is 9.59 Å². The first-order chi connectivity index (χ1) is 13.5. The van der Waals surface area contributed by atoms with Gasteiger partial charge in [0.2, 0.25) is 5.91 Å². The Morgan fingerprint density at radius 2 is 1.72 bits per heavy atom. The molecule has 1 N–H and O–H groups in total. The number of carbonyl (C=O) groups is 2. The highest BCUT2D eigenvalue weighted by Crippen LogP contribution is 2.24. The molecular formula is C20H21F3N2O4. The Balaban J connectivity index is 1.83. The fourth-order valence-corrected chi connectivity index (χ4v) is 2.36. The van der Waals surface area contributed by atoms with Crippen molar-refractivity contribution < 1.29 is 32.2 Å². The minimum Gasteiger partial charge on any atom is -0.483 e. The van der Waals surface area contributed by atoms with Gasteiger partial charge in [-0.15, -0.1) is 13.2 Å². The molecule has 6 nitrogen and oxygen atoms in total. The monoisotopic (exact) mass is 410 g/mol. The van der Waals surface area contributed by atoms with E-state index in [4.69, 9.17) is 4.74 Å². The smallest absolute Gasteiger partial charge is 0.483 e. The summed E-state index contributed by atoms with van der Waals surface area (Å²) >= 11 is 0.